The third-order valence-corrected chi connectivity index (χ3v) is 5.66. The Morgan fingerprint density at radius 3 is 2.85 bits per heavy atom. The molecule has 1 atom stereocenters. The number of aryl methyl sites for hydroxylation is 2. The minimum atomic E-state index is 0.398. The quantitative estimate of drug-likeness (QED) is 0.781. The van der Waals surface area contributed by atoms with Crippen LogP contribution >= 0.6 is 23.1 Å². The first kappa shape index (κ1) is 15.5. The SMILES string of the molecule is CCNC(C)c1sc(CSc2cccc(C)c2)nc1C. The van der Waals surface area contributed by atoms with Crippen LogP contribution in [0.1, 0.15) is 41.0 Å². The molecule has 1 unspecified atom stereocenters. The lowest BCUT2D eigenvalue weighted by Gasteiger charge is -2.09. The summed E-state index contributed by atoms with van der Waals surface area (Å²) in [5, 5.41) is 4.68. The second-order valence-corrected chi connectivity index (χ2v) is 7.11. The lowest BCUT2D eigenvalue weighted by molar-refractivity contribution is 0.603. The third-order valence-electron chi connectivity index (χ3n) is 3.13. The maximum atomic E-state index is 4.71. The predicted octanol–water partition coefficient (Wildman–Crippen LogP) is 4.72. The van der Waals surface area contributed by atoms with Gasteiger partial charge in [-0.05, 0) is 39.4 Å². The topological polar surface area (TPSA) is 24.9 Å². The zero-order valence-corrected chi connectivity index (χ0v) is 14.2. The average Bonchev–Trinajstić information content (AvgIpc) is 2.78. The zero-order valence-electron chi connectivity index (χ0n) is 12.6. The number of thiazole rings is 1. The van der Waals surface area contributed by atoms with Crippen LogP contribution in [0.25, 0.3) is 0 Å². The van der Waals surface area contributed by atoms with E-state index in [1.807, 2.05) is 23.1 Å². The first-order chi connectivity index (χ1) is 9.60. The highest BCUT2D eigenvalue weighted by atomic mass is 32.2. The predicted molar refractivity (Wildman–Crippen MR) is 89.7 cm³/mol. The fourth-order valence-corrected chi connectivity index (χ4v) is 4.28. The monoisotopic (exact) mass is 306 g/mol. The van der Waals surface area contributed by atoms with Gasteiger partial charge in [0.15, 0.2) is 0 Å². The molecule has 2 aromatic rings. The molecule has 4 heteroatoms. The Labute approximate surface area is 130 Å². The highest BCUT2D eigenvalue weighted by Gasteiger charge is 2.13. The molecule has 0 bridgehead atoms. The van der Waals surface area contributed by atoms with E-state index >= 15 is 0 Å². The van der Waals surface area contributed by atoms with Crippen molar-refractivity contribution < 1.29 is 0 Å². The summed E-state index contributed by atoms with van der Waals surface area (Å²) in [5.74, 6) is 0.952. The summed E-state index contributed by atoms with van der Waals surface area (Å²) in [6.45, 7) is 9.59. The van der Waals surface area contributed by atoms with Crippen molar-refractivity contribution in [1.82, 2.24) is 10.3 Å². The fourth-order valence-electron chi connectivity index (χ4n) is 2.18. The molecule has 1 aromatic carbocycles. The second-order valence-electron chi connectivity index (χ2n) is 4.94. The Morgan fingerprint density at radius 2 is 2.15 bits per heavy atom. The van der Waals surface area contributed by atoms with Crippen LogP contribution in [-0.4, -0.2) is 11.5 Å². The molecule has 1 heterocycles. The van der Waals surface area contributed by atoms with Crippen molar-refractivity contribution >= 4 is 23.1 Å². The number of nitrogens with zero attached hydrogens (tertiary/aromatic N) is 1. The first-order valence-electron chi connectivity index (χ1n) is 6.99. The molecular formula is C16H22N2S2. The zero-order chi connectivity index (χ0) is 14.5. The molecule has 0 amide bonds. The molecule has 1 aromatic heterocycles. The van der Waals surface area contributed by atoms with Gasteiger partial charge < -0.3 is 5.32 Å². The highest BCUT2D eigenvalue weighted by Crippen LogP contribution is 2.30. The van der Waals surface area contributed by atoms with E-state index in [-0.39, 0.29) is 0 Å². The standard InChI is InChI=1S/C16H22N2S2/c1-5-17-12(3)16-13(4)18-15(20-16)10-19-14-8-6-7-11(2)9-14/h6-9,12,17H,5,10H2,1-4H3. The van der Waals surface area contributed by atoms with E-state index in [1.54, 1.807) is 0 Å². The number of rotatable bonds is 6. The second kappa shape index (κ2) is 7.25. The number of nitrogens with one attached hydrogen (secondary N) is 1. The lowest BCUT2D eigenvalue weighted by Crippen LogP contribution is -2.17. The molecule has 0 radical (unpaired) electrons. The van der Waals surface area contributed by atoms with Crippen LogP contribution in [0.3, 0.4) is 0 Å². The molecule has 2 rings (SSSR count). The number of thioether (sulfide) groups is 1. The van der Waals surface area contributed by atoms with E-state index in [0.29, 0.717) is 6.04 Å². The molecule has 0 aliphatic rings. The van der Waals surface area contributed by atoms with Gasteiger partial charge >= 0.3 is 0 Å². The van der Waals surface area contributed by atoms with Gasteiger partial charge in [-0.1, -0.05) is 24.6 Å². The molecule has 0 saturated heterocycles. The molecule has 20 heavy (non-hydrogen) atoms. The number of benzene rings is 1. The van der Waals surface area contributed by atoms with Crippen LogP contribution in [0, 0.1) is 13.8 Å². The summed E-state index contributed by atoms with van der Waals surface area (Å²) in [4.78, 5) is 7.40. The van der Waals surface area contributed by atoms with Gasteiger partial charge in [0.05, 0.1) is 11.4 Å². The average molecular weight is 307 g/mol. The molecule has 2 nitrogen and oxygen atoms in total. The van der Waals surface area contributed by atoms with Crippen LogP contribution in [-0.2, 0) is 5.75 Å². The molecule has 0 aliphatic heterocycles. The van der Waals surface area contributed by atoms with Crippen molar-refractivity contribution in [2.45, 2.75) is 44.4 Å². The summed E-state index contributed by atoms with van der Waals surface area (Å²) < 4.78 is 0. The van der Waals surface area contributed by atoms with Crippen molar-refractivity contribution in [2.75, 3.05) is 6.54 Å². The lowest BCUT2D eigenvalue weighted by atomic mass is 10.2. The molecule has 108 valence electrons. The van der Waals surface area contributed by atoms with Gasteiger partial charge in [-0.25, -0.2) is 4.98 Å². The fraction of sp³-hybridized carbons (Fsp3) is 0.438. The minimum Gasteiger partial charge on any atom is -0.310 e. The maximum Gasteiger partial charge on any atom is 0.103 e. The largest absolute Gasteiger partial charge is 0.310 e. The van der Waals surface area contributed by atoms with Gasteiger partial charge in [0, 0.05) is 15.8 Å². The number of hydrogen-bond acceptors (Lipinski definition) is 4. The third kappa shape index (κ3) is 4.08. The van der Waals surface area contributed by atoms with Gasteiger partial charge in [-0.15, -0.1) is 23.1 Å². The summed E-state index contributed by atoms with van der Waals surface area (Å²) in [6.07, 6.45) is 0. The summed E-state index contributed by atoms with van der Waals surface area (Å²) >= 11 is 3.70. The van der Waals surface area contributed by atoms with Crippen LogP contribution in [0.2, 0.25) is 0 Å². The summed E-state index contributed by atoms with van der Waals surface area (Å²) in [7, 11) is 0. The van der Waals surface area contributed by atoms with Crippen molar-refractivity contribution in [1.29, 1.82) is 0 Å². The Hall–Kier alpha value is -0.840. The Kier molecular flexibility index (Phi) is 5.64. The van der Waals surface area contributed by atoms with Crippen LogP contribution < -0.4 is 5.32 Å². The van der Waals surface area contributed by atoms with Crippen molar-refractivity contribution in [3.05, 3.63) is 45.4 Å². The minimum absolute atomic E-state index is 0.398. The van der Waals surface area contributed by atoms with Gasteiger partial charge in [0.2, 0.25) is 0 Å². The van der Waals surface area contributed by atoms with E-state index in [0.717, 1.165) is 12.3 Å². The highest BCUT2D eigenvalue weighted by molar-refractivity contribution is 7.98. The molecule has 0 aliphatic carbocycles. The van der Waals surface area contributed by atoms with Crippen LogP contribution in [0.4, 0.5) is 0 Å². The van der Waals surface area contributed by atoms with E-state index < -0.39 is 0 Å². The summed E-state index contributed by atoms with van der Waals surface area (Å²) in [5.41, 5.74) is 2.48. The van der Waals surface area contributed by atoms with Crippen molar-refractivity contribution in [3.8, 4) is 0 Å². The number of hydrogen-bond donors (Lipinski definition) is 1. The van der Waals surface area contributed by atoms with Crippen LogP contribution in [0.5, 0.6) is 0 Å². The molecular weight excluding hydrogens is 284 g/mol. The maximum absolute atomic E-state index is 4.71. The van der Waals surface area contributed by atoms with E-state index in [1.165, 1.54) is 26.0 Å². The van der Waals surface area contributed by atoms with Gasteiger partial charge in [-0.3, -0.25) is 0 Å². The van der Waals surface area contributed by atoms with Gasteiger partial charge in [-0.2, -0.15) is 0 Å². The normalized spacial score (nSPS) is 12.6. The molecule has 1 N–H and O–H groups in total. The van der Waals surface area contributed by atoms with Gasteiger partial charge in [0.1, 0.15) is 5.01 Å². The molecule has 0 fully saturated rings. The Morgan fingerprint density at radius 1 is 1.35 bits per heavy atom. The van der Waals surface area contributed by atoms with E-state index in [2.05, 4.69) is 57.3 Å². The van der Waals surface area contributed by atoms with Crippen LogP contribution in [0.15, 0.2) is 29.2 Å². The van der Waals surface area contributed by atoms with Crippen molar-refractivity contribution in [3.63, 3.8) is 0 Å². The smallest absolute Gasteiger partial charge is 0.103 e. The number of aromatic nitrogens is 1. The summed E-state index contributed by atoms with van der Waals surface area (Å²) in [6, 6.07) is 9.04. The molecule has 0 saturated carbocycles. The van der Waals surface area contributed by atoms with Gasteiger partial charge in [0.25, 0.3) is 0 Å². The van der Waals surface area contributed by atoms with E-state index in [4.69, 9.17) is 4.98 Å². The van der Waals surface area contributed by atoms with E-state index in [9.17, 15) is 0 Å². The Balaban J connectivity index is 2.02. The Bertz CT molecular complexity index is 563. The molecule has 0 spiro atoms. The van der Waals surface area contributed by atoms with Crippen molar-refractivity contribution in [2.24, 2.45) is 0 Å². The first-order valence-corrected chi connectivity index (χ1v) is 8.79.